The number of fused-ring (bicyclic) bond motifs is 1. The first kappa shape index (κ1) is 11.5. The molecule has 0 aliphatic rings. The van der Waals surface area contributed by atoms with Crippen LogP contribution in [0.5, 0.6) is 0 Å². The first-order chi connectivity index (χ1) is 9.36. The van der Waals surface area contributed by atoms with Gasteiger partial charge in [-0.15, -0.1) is 0 Å². The highest BCUT2D eigenvalue weighted by molar-refractivity contribution is 5.94. The van der Waals surface area contributed by atoms with Crippen molar-refractivity contribution in [2.45, 2.75) is 0 Å². The zero-order valence-electron chi connectivity index (χ0n) is 10.6. The van der Waals surface area contributed by atoms with Crippen LogP contribution < -0.4 is 10.6 Å². The Bertz CT molecular complexity index is 704. The van der Waals surface area contributed by atoms with E-state index >= 15 is 0 Å². The molecule has 2 aromatic heterocycles. The Morgan fingerprint density at radius 1 is 0.947 bits per heavy atom. The summed E-state index contributed by atoms with van der Waals surface area (Å²) in [6.07, 6.45) is 3.66. The minimum absolute atomic E-state index is 0.809. The minimum atomic E-state index is 0.809. The molecule has 3 rings (SSSR count). The lowest BCUT2D eigenvalue weighted by Crippen LogP contribution is -1.97. The van der Waals surface area contributed by atoms with Crippen LogP contribution in [0.2, 0.25) is 0 Å². The molecule has 0 atom stereocenters. The summed E-state index contributed by atoms with van der Waals surface area (Å²) in [7, 11) is 1.86. The van der Waals surface area contributed by atoms with Crippen molar-refractivity contribution in [3.8, 4) is 0 Å². The highest BCUT2D eigenvalue weighted by Gasteiger charge is 2.02. The molecule has 3 aromatic rings. The van der Waals surface area contributed by atoms with E-state index in [-0.39, 0.29) is 0 Å². The number of aromatic nitrogens is 2. The Kier molecular flexibility index (Phi) is 2.98. The van der Waals surface area contributed by atoms with Gasteiger partial charge in [0.1, 0.15) is 11.6 Å². The molecule has 0 aliphatic carbocycles. The second kappa shape index (κ2) is 4.94. The average Bonchev–Trinajstić information content (AvgIpc) is 2.48. The van der Waals surface area contributed by atoms with Crippen molar-refractivity contribution in [1.82, 2.24) is 9.97 Å². The van der Waals surface area contributed by atoms with Gasteiger partial charge in [-0.05, 0) is 29.7 Å². The molecule has 0 saturated heterocycles. The molecule has 4 heteroatoms. The summed E-state index contributed by atoms with van der Waals surface area (Å²) in [4.78, 5) is 8.63. The van der Waals surface area contributed by atoms with Crippen molar-refractivity contribution in [2.24, 2.45) is 0 Å². The number of rotatable bonds is 3. The number of nitrogens with one attached hydrogen (secondary N) is 2. The minimum Gasteiger partial charge on any atom is -0.373 e. The van der Waals surface area contributed by atoms with Crippen LogP contribution in [-0.4, -0.2) is 17.0 Å². The van der Waals surface area contributed by atoms with Gasteiger partial charge in [0.2, 0.25) is 0 Å². The van der Waals surface area contributed by atoms with Crippen LogP contribution in [0.25, 0.3) is 10.8 Å². The number of anilines is 3. The Hall–Kier alpha value is -2.62. The van der Waals surface area contributed by atoms with E-state index in [9.17, 15) is 0 Å². The largest absolute Gasteiger partial charge is 0.373 e. The SMILES string of the molecule is CNc1cccc(Nc2cccc3ccncc23)n1. The van der Waals surface area contributed by atoms with Crippen molar-refractivity contribution >= 4 is 28.1 Å². The summed E-state index contributed by atoms with van der Waals surface area (Å²) in [5, 5.41) is 8.60. The zero-order valence-corrected chi connectivity index (χ0v) is 10.6. The Morgan fingerprint density at radius 3 is 2.68 bits per heavy atom. The monoisotopic (exact) mass is 250 g/mol. The quantitative estimate of drug-likeness (QED) is 0.748. The van der Waals surface area contributed by atoms with Crippen LogP contribution in [0.15, 0.2) is 54.9 Å². The van der Waals surface area contributed by atoms with Gasteiger partial charge in [0, 0.05) is 30.5 Å². The molecule has 0 unspecified atom stereocenters. The lowest BCUT2D eigenvalue weighted by molar-refractivity contribution is 1.28. The first-order valence-corrected chi connectivity index (χ1v) is 6.11. The summed E-state index contributed by atoms with van der Waals surface area (Å²) >= 11 is 0. The Labute approximate surface area is 111 Å². The van der Waals surface area contributed by atoms with Gasteiger partial charge < -0.3 is 10.6 Å². The molecular weight excluding hydrogens is 236 g/mol. The highest BCUT2D eigenvalue weighted by Crippen LogP contribution is 2.25. The second-order valence-corrected chi connectivity index (χ2v) is 4.19. The maximum Gasteiger partial charge on any atom is 0.132 e. The third kappa shape index (κ3) is 2.33. The fraction of sp³-hybridized carbons (Fsp3) is 0.0667. The number of hydrogen-bond acceptors (Lipinski definition) is 4. The maximum atomic E-state index is 4.45. The van der Waals surface area contributed by atoms with Crippen LogP contribution in [0.4, 0.5) is 17.3 Å². The number of nitrogens with zero attached hydrogens (tertiary/aromatic N) is 2. The standard InChI is InChI=1S/C15H14N4/c1-16-14-6-3-7-15(19-14)18-13-5-2-4-11-8-9-17-10-12(11)13/h2-10H,1H3,(H2,16,18,19). The van der Waals surface area contributed by atoms with E-state index in [0.29, 0.717) is 0 Å². The number of benzene rings is 1. The van der Waals surface area contributed by atoms with E-state index in [0.717, 1.165) is 28.1 Å². The summed E-state index contributed by atoms with van der Waals surface area (Å²) in [5.41, 5.74) is 1.01. The van der Waals surface area contributed by atoms with Crippen molar-refractivity contribution < 1.29 is 0 Å². The molecule has 19 heavy (non-hydrogen) atoms. The molecule has 0 spiro atoms. The molecule has 0 saturated carbocycles. The zero-order chi connectivity index (χ0) is 13.1. The predicted octanol–water partition coefficient (Wildman–Crippen LogP) is 3.42. The fourth-order valence-electron chi connectivity index (χ4n) is 2.00. The van der Waals surface area contributed by atoms with Crippen LogP contribution in [0, 0.1) is 0 Å². The smallest absolute Gasteiger partial charge is 0.132 e. The van der Waals surface area contributed by atoms with Crippen molar-refractivity contribution in [3.05, 3.63) is 54.9 Å². The molecule has 2 N–H and O–H groups in total. The van der Waals surface area contributed by atoms with Crippen molar-refractivity contribution in [1.29, 1.82) is 0 Å². The van der Waals surface area contributed by atoms with Crippen molar-refractivity contribution in [2.75, 3.05) is 17.7 Å². The van der Waals surface area contributed by atoms with Gasteiger partial charge >= 0.3 is 0 Å². The van der Waals surface area contributed by atoms with Gasteiger partial charge in [0.05, 0.1) is 0 Å². The van der Waals surface area contributed by atoms with Gasteiger partial charge in [-0.1, -0.05) is 18.2 Å². The molecule has 0 amide bonds. The molecule has 2 heterocycles. The van der Waals surface area contributed by atoms with Crippen LogP contribution >= 0.6 is 0 Å². The predicted molar refractivity (Wildman–Crippen MR) is 78.8 cm³/mol. The fourth-order valence-corrected chi connectivity index (χ4v) is 2.00. The molecular formula is C15H14N4. The Balaban J connectivity index is 2.01. The summed E-state index contributed by atoms with van der Waals surface area (Å²) in [6, 6.07) is 13.9. The molecule has 1 aromatic carbocycles. The van der Waals surface area contributed by atoms with Gasteiger partial charge in [-0.3, -0.25) is 4.98 Å². The number of hydrogen-bond donors (Lipinski definition) is 2. The molecule has 0 radical (unpaired) electrons. The summed E-state index contributed by atoms with van der Waals surface area (Å²) in [6.45, 7) is 0. The average molecular weight is 250 g/mol. The van der Waals surface area contributed by atoms with E-state index in [4.69, 9.17) is 0 Å². The van der Waals surface area contributed by atoms with Gasteiger partial charge in [0.15, 0.2) is 0 Å². The molecule has 0 bridgehead atoms. The highest BCUT2D eigenvalue weighted by atomic mass is 15.1. The molecule has 0 aliphatic heterocycles. The summed E-state index contributed by atoms with van der Waals surface area (Å²) < 4.78 is 0. The van der Waals surface area contributed by atoms with E-state index in [1.807, 2.05) is 49.6 Å². The first-order valence-electron chi connectivity index (χ1n) is 6.11. The van der Waals surface area contributed by atoms with Crippen LogP contribution in [0.3, 0.4) is 0 Å². The maximum absolute atomic E-state index is 4.45. The van der Waals surface area contributed by atoms with E-state index < -0.39 is 0 Å². The molecule has 94 valence electrons. The lowest BCUT2D eigenvalue weighted by Gasteiger charge is -2.09. The molecule has 0 fully saturated rings. The van der Waals surface area contributed by atoms with Gasteiger partial charge in [-0.2, -0.15) is 0 Å². The van der Waals surface area contributed by atoms with E-state index in [2.05, 4.69) is 26.7 Å². The Morgan fingerprint density at radius 2 is 1.79 bits per heavy atom. The third-order valence-electron chi connectivity index (χ3n) is 2.95. The number of pyridine rings is 2. The normalized spacial score (nSPS) is 10.4. The van der Waals surface area contributed by atoms with E-state index in [1.54, 1.807) is 6.20 Å². The van der Waals surface area contributed by atoms with Gasteiger partial charge in [-0.25, -0.2) is 4.98 Å². The van der Waals surface area contributed by atoms with Crippen LogP contribution in [-0.2, 0) is 0 Å². The van der Waals surface area contributed by atoms with Gasteiger partial charge in [0.25, 0.3) is 0 Å². The second-order valence-electron chi connectivity index (χ2n) is 4.19. The third-order valence-corrected chi connectivity index (χ3v) is 2.95. The lowest BCUT2D eigenvalue weighted by atomic mass is 10.1. The summed E-state index contributed by atoms with van der Waals surface area (Å²) in [5.74, 6) is 1.64. The van der Waals surface area contributed by atoms with E-state index in [1.165, 1.54) is 0 Å². The topological polar surface area (TPSA) is 49.8 Å². The van der Waals surface area contributed by atoms with Crippen molar-refractivity contribution in [3.63, 3.8) is 0 Å². The van der Waals surface area contributed by atoms with Crippen LogP contribution in [0.1, 0.15) is 0 Å². The molecule has 4 nitrogen and oxygen atoms in total.